The Balaban J connectivity index is 2.85. The average Bonchev–Trinajstić information content (AvgIpc) is 2.16. The van der Waals surface area contributed by atoms with Gasteiger partial charge in [-0.3, -0.25) is 0 Å². The smallest absolute Gasteiger partial charge is 0.108 e. The van der Waals surface area contributed by atoms with Gasteiger partial charge < -0.3 is 5.73 Å². The lowest BCUT2D eigenvalue weighted by Gasteiger charge is -2.01. The van der Waals surface area contributed by atoms with Gasteiger partial charge in [-0.2, -0.15) is 5.26 Å². The number of aryl methyl sites for hydroxylation is 1. The molecule has 0 unspecified atom stereocenters. The summed E-state index contributed by atoms with van der Waals surface area (Å²) >= 11 is 1.40. The lowest BCUT2D eigenvalue weighted by Crippen LogP contribution is -1.93. The van der Waals surface area contributed by atoms with Crippen molar-refractivity contribution in [1.82, 2.24) is 0 Å². The number of hydrogen-bond donors (Lipinski definition) is 1. The molecule has 0 aromatic heterocycles. The van der Waals surface area contributed by atoms with Crippen molar-refractivity contribution in [3.63, 3.8) is 0 Å². The second-order valence-electron chi connectivity index (χ2n) is 3.04. The average molecular weight is 204 g/mol. The van der Waals surface area contributed by atoms with Crippen LogP contribution in [-0.2, 0) is 0 Å². The van der Waals surface area contributed by atoms with Crippen LogP contribution in [0.2, 0.25) is 0 Å². The molecule has 0 fully saturated rings. The summed E-state index contributed by atoms with van der Waals surface area (Å²) in [5.41, 5.74) is 7.34. The zero-order valence-corrected chi connectivity index (χ0v) is 9.06. The second kappa shape index (κ2) is 4.73. The Morgan fingerprint density at radius 3 is 2.36 bits per heavy atom. The topological polar surface area (TPSA) is 49.8 Å². The summed E-state index contributed by atoms with van der Waals surface area (Å²) < 4.78 is 0. The van der Waals surface area contributed by atoms with E-state index in [-0.39, 0.29) is 0 Å². The first-order valence-corrected chi connectivity index (χ1v) is 5.06. The number of thioether (sulfide) groups is 1. The molecule has 0 radical (unpaired) electrons. The van der Waals surface area contributed by atoms with E-state index in [0.29, 0.717) is 10.6 Å². The largest absolute Gasteiger partial charge is 0.401 e. The fourth-order valence-corrected chi connectivity index (χ4v) is 1.63. The minimum absolute atomic E-state index is 0.564. The van der Waals surface area contributed by atoms with Gasteiger partial charge in [-0.1, -0.05) is 29.5 Å². The highest BCUT2D eigenvalue weighted by molar-refractivity contribution is 8.03. The zero-order valence-electron chi connectivity index (χ0n) is 8.24. The standard InChI is InChI=1S/C11H12N2S/c1-8-3-5-10(6-4-8)14-11(7-12)9(2)13/h3-6H,13H2,1-2H3/b11-9-. The molecule has 2 nitrogen and oxygen atoms in total. The Labute approximate surface area is 88.4 Å². The Hall–Kier alpha value is -1.40. The van der Waals surface area contributed by atoms with Crippen molar-refractivity contribution in [2.75, 3.05) is 0 Å². The van der Waals surface area contributed by atoms with Crippen LogP contribution in [-0.4, -0.2) is 0 Å². The van der Waals surface area contributed by atoms with Crippen molar-refractivity contribution in [1.29, 1.82) is 5.26 Å². The highest BCUT2D eigenvalue weighted by Crippen LogP contribution is 2.27. The number of allylic oxidation sites excluding steroid dienone is 2. The summed E-state index contributed by atoms with van der Waals surface area (Å²) in [6, 6.07) is 10.1. The van der Waals surface area contributed by atoms with Crippen molar-refractivity contribution < 1.29 is 0 Å². The first kappa shape index (κ1) is 10.7. The van der Waals surface area contributed by atoms with Gasteiger partial charge >= 0.3 is 0 Å². The number of nitrogens with zero attached hydrogens (tertiary/aromatic N) is 1. The van der Waals surface area contributed by atoms with Crippen LogP contribution in [0, 0.1) is 18.3 Å². The highest BCUT2D eigenvalue weighted by atomic mass is 32.2. The first-order chi connectivity index (χ1) is 6.63. The van der Waals surface area contributed by atoms with Crippen molar-refractivity contribution in [2.24, 2.45) is 5.73 Å². The van der Waals surface area contributed by atoms with E-state index in [2.05, 4.69) is 6.07 Å². The maximum atomic E-state index is 8.80. The predicted molar refractivity (Wildman–Crippen MR) is 59.5 cm³/mol. The van der Waals surface area contributed by atoms with Gasteiger partial charge in [0.15, 0.2) is 0 Å². The van der Waals surface area contributed by atoms with Crippen molar-refractivity contribution >= 4 is 11.8 Å². The molecule has 72 valence electrons. The summed E-state index contributed by atoms with van der Waals surface area (Å²) in [6.45, 7) is 3.77. The van der Waals surface area contributed by atoms with E-state index in [1.807, 2.05) is 31.2 Å². The van der Waals surface area contributed by atoms with Crippen LogP contribution < -0.4 is 5.73 Å². The monoisotopic (exact) mass is 204 g/mol. The third-order valence-corrected chi connectivity index (χ3v) is 2.83. The Morgan fingerprint density at radius 2 is 1.93 bits per heavy atom. The van der Waals surface area contributed by atoms with E-state index in [0.717, 1.165) is 4.90 Å². The molecule has 0 aliphatic heterocycles. The maximum Gasteiger partial charge on any atom is 0.108 e. The minimum atomic E-state index is 0.564. The molecule has 1 aromatic rings. The zero-order chi connectivity index (χ0) is 10.6. The third-order valence-electron chi connectivity index (χ3n) is 1.70. The molecule has 0 amide bonds. The first-order valence-electron chi connectivity index (χ1n) is 4.24. The molecule has 0 saturated heterocycles. The number of rotatable bonds is 2. The van der Waals surface area contributed by atoms with Gasteiger partial charge in [0.2, 0.25) is 0 Å². The number of nitriles is 1. The fourth-order valence-electron chi connectivity index (χ4n) is 0.916. The Bertz CT molecular complexity index is 381. The Kier molecular flexibility index (Phi) is 3.61. The Morgan fingerprint density at radius 1 is 1.36 bits per heavy atom. The predicted octanol–water partition coefficient (Wildman–Crippen LogP) is 2.80. The van der Waals surface area contributed by atoms with Crippen molar-refractivity contribution in [3.8, 4) is 6.07 Å². The van der Waals surface area contributed by atoms with Crippen LogP contribution in [0.1, 0.15) is 12.5 Å². The molecule has 0 atom stereocenters. The van der Waals surface area contributed by atoms with E-state index in [4.69, 9.17) is 11.0 Å². The summed E-state index contributed by atoms with van der Waals surface area (Å²) in [5, 5.41) is 8.80. The van der Waals surface area contributed by atoms with Gasteiger partial charge in [0.1, 0.15) is 11.0 Å². The van der Waals surface area contributed by atoms with Crippen LogP contribution in [0.25, 0.3) is 0 Å². The molecule has 1 rings (SSSR count). The van der Waals surface area contributed by atoms with Crippen LogP contribution >= 0.6 is 11.8 Å². The van der Waals surface area contributed by atoms with E-state index >= 15 is 0 Å². The molecule has 0 aliphatic rings. The van der Waals surface area contributed by atoms with Gasteiger partial charge in [-0.25, -0.2) is 0 Å². The van der Waals surface area contributed by atoms with Crippen LogP contribution in [0.4, 0.5) is 0 Å². The number of benzene rings is 1. The van der Waals surface area contributed by atoms with Crippen LogP contribution in [0.5, 0.6) is 0 Å². The number of nitrogens with two attached hydrogens (primary N) is 1. The molecule has 14 heavy (non-hydrogen) atoms. The van der Waals surface area contributed by atoms with Gasteiger partial charge in [0.25, 0.3) is 0 Å². The van der Waals surface area contributed by atoms with Gasteiger partial charge in [0, 0.05) is 10.6 Å². The summed E-state index contributed by atoms with van der Waals surface area (Å²) in [4.78, 5) is 1.60. The van der Waals surface area contributed by atoms with E-state index < -0.39 is 0 Å². The summed E-state index contributed by atoms with van der Waals surface area (Å²) in [7, 11) is 0. The van der Waals surface area contributed by atoms with Crippen molar-refractivity contribution in [2.45, 2.75) is 18.7 Å². The minimum Gasteiger partial charge on any atom is -0.401 e. The van der Waals surface area contributed by atoms with Crippen LogP contribution in [0.15, 0.2) is 39.8 Å². The molecule has 0 saturated carbocycles. The SMILES string of the molecule is C/C(N)=C(\C#N)Sc1ccc(C)cc1. The third kappa shape index (κ3) is 2.82. The van der Waals surface area contributed by atoms with Crippen molar-refractivity contribution in [3.05, 3.63) is 40.4 Å². The van der Waals surface area contributed by atoms with E-state index in [9.17, 15) is 0 Å². The lowest BCUT2D eigenvalue weighted by atomic mass is 10.2. The molecule has 0 bridgehead atoms. The van der Waals surface area contributed by atoms with Gasteiger partial charge in [-0.15, -0.1) is 0 Å². The number of hydrogen-bond acceptors (Lipinski definition) is 3. The highest BCUT2D eigenvalue weighted by Gasteiger charge is 2.01. The van der Waals surface area contributed by atoms with Gasteiger partial charge in [0.05, 0.1) is 0 Å². The maximum absolute atomic E-state index is 8.80. The lowest BCUT2D eigenvalue weighted by molar-refractivity contribution is 1.30. The summed E-state index contributed by atoms with van der Waals surface area (Å²) in [5.74, 6) is 0. The summed E-state index contributed by atoms with van der Waals surface area (Å²) in [6.07, 6.45) is 0. The molecule has 1 aromatic carbocycles. The van der Waals surface area contributed by atoms with E-state index in [1.165, 1.54) is 17.3 Å². The molecular formula is C11H12N2S. The fraction of sp³-hybridized carbons (Fsp3) is 0.182. The van der Waals surface area contributed by atoms with Gasteiger partial charge in [-0.05, 0) is 26.0 Å². The van der Waals surface area contributed by atoms with E-state index in [1.54, 1.807) is 6.92 Å². The molecule has 0 aliphatic carbocycles. The van der Waals surface area contributed by atoms with Crippen LogP contribution in [0.3, 0.4) is 0 Å². The second-order valence-corrected chi connectivity index (χ2v) is 4.12. The molecule has 0 spiro atoms. The molecule has 2 N–H and O–H groups in total. The molecule has 0 heterocycles. The quantitative estimate of drug-likeness (QED) is 0.595. The molecule has 3 heteroatoms. The molecular weight excluding hydrogens is 192 g/mol. The normalized spacial score (nSPS) is 11.8.